The largest absolute Gasteiger partial charge is 0.481 e. The monoisotopic (exact) mass is 444 g/mol. The Morgan fingerprint density at radius 3 is 2.48 bits per heavy atom. The van der Waals surface area contributed by atoms with Gasteiger partial charge >= 0.3 is 5.97 Å². The molecule has 0 spiro atoms. The highest BCUT2D eigenvalue weighted by Crippen LogP contribution is 2.39. The summed E-state index contributed by atoms with van der Waals surface area (Å²) in [5.41, 5.74) is 9.52. The highest BCUT2D eigenvalue weighted by Gasteiger charge is 2.21. The van der Waals surface area contributed by atoms with Gasteiger partial charge in [0.1, 0.15) is 5.75 Å². The number of fused-ring (bicyclic) bond motifs is 3. The number of hydrogen-bond acceptors (Lipinski definition) is 4. The van der Waals surface area contributed by atoms with Crippen LogP contribution in [0.15, 0.2) is 73.3 Å². The molecule has 7 nitrogen and oxygen atoms in total. The number of carboxylic acids is 1. The fourth-order valence-electron chi connectivity index (χ4n) is 4.02. The molecule has 0 atom stereocenters. The van der Waals surface area contributed by atoms with E-state index in [0.717, 1.165) is 22.2 Å². The van der Waals surface area contributed by atoms with Crippen LogP contribution in [-0.2, 0) is 22.7 Å². The number of aliphatic carboxylic acids is 1. The molecule has 1 heterocycles. The highest BCUT2D eigenvalue weighted by molar-refractivity contribution is 6.19. The van der Waals surface area contributed by atoms with Gasteiger partial charge in [0.2, 0.25) is 5.91 Å². The molecule has 0 fully saturated rings. The number of aromatic nitrogens is 1. The van der Waals surface area contributed by atoms with Crippen molar-refractivity contribution >= 4 is 33.7 Å². The lowest BCUT2D eigenvalue weighted by atomic mass is 10.0. The molecule has 0 radical (unpaired) electrons. The summed E-state index contributed by atoms with van der Waals surface area (Å²) in [6.45, 7) is 4.35. The third-order valence-electron chi connectivity index (χ3n) is 5.32. The van der Waals surface area contributed by atoms with Gasteiger partial charge in [0.05, 0.1) is 29.6 Å². The van der Waals surface area contributed by atoms with E-state index >= 15 is 0 Å². The maximum Gasteiger partial charge on any atom is 0.341 e. The van der Waals surface area contributed by atoms with Crippen LogP contribution in [0.25, 0.3) is 21.8 Å². The number of carboxylic acid groups (broad SMARTS) is 1. The number of primary amides is 1. The first kappa shape index (κ1) is 22.1. The van der Waals surface area contributed by atoms with E-state index in [-0.39, 0.29) is 0 Å². The predicted octanol–water partition coefficient (Wildman–Crippen LogP) is 4.11. The van der Waals surface area contributed by atoms with Gasteiger partial charge < -0.3 is 24.9 Å². The van der Waals surface area contributed by atoms with Gasteiger partial charge in [-0.1, -0.05) is 42.5 Å². The zero-order valence-electron chi connectivity index (χ0n) is 18.0. The molecule has 0 aliphatic heterocycles. The molecule has 3 aromatic carbocycles. The third-order valence-corrected chi connectivity index (χ3v) is 5.32. The summed E-state index contributed by atoms with van der Waals surface area (Å²) < 4.78 is 13.4. The van der Waals surface area contributed by atoms with Crippen molar-refractivity contribution in [2.45, 2.75) is 13.2 Å². The summed E-state index contributed by atoms with van der Waals surface area (Å²) in [4.78, 5) is 23.5. The number of ether oxygens (including phenoxy) is 2. The number of carbonyl (C=O) groups excluding carboxylic acids is 1. The molecule has 4 aromatic rings. The standard InChI is InChI=1S/C26H24N2O5/c1-2-11-32-15-18-12-21-25(22(13-18)33-16-23(29)30)24-19(26(27)31)9-6-10-20(24)28(21)14-17-7-4-3-5-8-17/h2-10,12-13H,1,11,14-16H2,(H2,27,31)(H,29,30). The van der Waals surface area contributed by atoms with Crippen LogP contribution in [0.2, 0.25) is 0 Å². The van der Waals surface area contributed by atoms with Crippen LogP contribution in [-0.4, -0.2) is 34.8 Å². The van der Waals surface area contributed by atoms with Crippen LogP contribution in [0.5, 0.6) is 5.75 Å². The number of benzene rings is 3. The summed E-state index contributed by atoms with van der Waals surface area (Å²) in [6, 6.07) is 19.0. The molecule has 0 saturated carbocycles. The molecule has 168 valence electrons. The Bertz CT molecular complexity index is 1340. The minimum Gasteiger partial charge on any atom is -0.481 e. The Morgan fingerprint density at radius 2 is 1.79 bits per heavy atom. The van der Waals surface area contributed by atoms with Crippen LogP contribution in [0.1, 0.15) is 21.5 Å². The van der Waals surface area contributed by atoms with Crippen molar-refractivity contribution in [2.75, 3.05) is 13.2 Å². The molecule has 1 amide bonds. The lowest BCUT2D eigenvalue weighted by molar-refractivity contribution is -0.139. The molecule has 7 heteroatoms. The molecule has 0 bridgehead atoms. The predicted molar refractivity (Wildman–Crippen MR) is 126 cm³/mol. The van der Waals surface area contributed by atoms with Gasteiger partial charge in [-0.15, -0.1) is 6.58 Å². The van der Waals surface area contributed by atoms with Crippen molar-refractivity contribution in [3.05, 3.63) is 90.0 Å². The number of nitrogens with zero attached hydrogens (tertiary/aromatic N) is 1. The maximum atomic E-state index is 12.3. The average Bonchev–Trinajstić information content (AvgIpc) is 3.12. The van der Waals surface area contributed by atoms with E-state index in [1.807, 2.05) is 42.5 Å². The first-order valence-corrected chi connectivity index (χ1v) is 10.4. The van der Waals surface area contributed by atoms with Gasteiger partial charge in [-0.3, -0.25) is 4.79 Å². The van der Waals surface area contributed by atoms with E-state index in [1.165, 1.54) is 0 Å². The lowest BCUT2D eigenvalue weighted by Gasteiger charge is -2.12. The molecule has 0 aliphatic rings. The number of nitrogens with two attached hydrogens (primary N) is 1. The molecule has 0 aliphatic carbocycles. The molecular formula is C26H24N2O5. The Kier molecular flexibility index (Phi) is 6.42. The Labute approximate surface area is 190 Å². The molecule has 0 saturated heterocycles. The quantitative estimate of drug-likeness (QED) is 0.283. The zero-order valence-corrected chi connectivity index (χ0v) is 18.0. The van der Waals surface area contributed by atoms with E-state index < -0.39 is 18.5 Å². The minimum absolute atomic E-state index is 0.293. The smallest absolute Gasteiger partial charge is 0.341 e. The second kappa shape index (κ2) is 9.58. The van der Waals surface area contributed by atoms with E-state index in [9.17, 15) is 14.7 Å². The van der Waals surface area contributed by atoms with Crippen molar-refractivity contribution in [1.29, 1.82) is 0 Å². The van der Waals surface area contributed by atoms with Gasteiger partial charge in [0, 0.05) is 17.5 Å². The molecular weight excluding hydrogens is 420 g/mol. The molecule has 1 aromatic heterocycles. The average molecular weight is 444 g/mol. The van der Waals surface area contributed by atoms with Crippen LogP contribution in [0, 0.1) is 0 Å². The Balaban J connectivity index is 2.02. The van der Waals surface area contributed by atoms with Crippen molar-refractivity contribution in [3.63, 3.8) is 0 Å². The van der Waals surface area contributed by atoms with Gasteiger partial charge in [0.25, 0.3) is 0 Å². The second-order valence-electron chi connectivity index (χ2n) is 7.61. The summed E-state index contributed by atoms with van der Waals surface area (Å²) in [7, 11) is 0. The summed E-state index contributed by atoms with van der Waals surface area (Å²) in [5, 5.41) is 10.5. The summed E-state index contributed by atoms with van der Waals surface area (Å²) >= 11 is 0. The topological polar surface area (TPSA) is 104 Å². The fraction of sp³-hybridized carbons (Fsp3) is 0.154. The van der Waals surface area contributed by atoms with Gasteiger partial charge in [-0.2, -0.15) is 0 Å². The van der Waals surface area contributed by atoms with Crippen molar-refractivity contribution < 1.29 is 24.2 Å². The van der Waals surface area contributed by atoms with Gasteiger partial charge in [0.15, 0.2) is 6.61 Å². The first-order chi connectivity index (χ1) is 16.0. The number of hydrogen-bond donors (Lipinski definition) is 2. The van der Waals surface area contributed by atoms with Crippen LogP contribution < -0.4 is 10.5 Å². The number of amides is 1. The second-order valence-corrected chi connectivity index (χ2v) is 7.61. The Morgan fingerprint density at radius 1 is 1.00 bits per heavy atom. The van der Waals surface area contributed by atoms with Crippen LogP contribution in [0.3, 0.4) is 0 Å². The van der Waals surface area contributed by atoms with Crippen LogP contribution in [0.4, 0.5) is 0 Å². The zero-order chi connectivity index (χ0) is 23.4. The molecule has 3 N–H and O–H groups in total. The molecule has 0 unspecified atom stereocenters. The SMILES string of the molecule is C=CCOCc1cc(OCC(=O)O)c2c3c(C(N)=O)cccc3n(Cc3ccccc3)c2c1. The van der Waals surface area contributed by atoms with Crippen molar-refractivity contribution in [2.24, 2.45) is 5.73 Å². The van der Waals surface area contributed by atoms with E-state index in [0.29, 0.717) is 41.8 Å². The van der Waals surface area contributed by atoms with Crippen LogP contribution >= 0.6 is 0 Å². The first-order valence-electron chi connectivity index (χ1n) is 10.4. The number of rotatable bonds is 10. The Hall–Kier alpha value is -4.10. The lowest BCUT2D eigenvalue weighted by Crippen LogP contribution is -2.12. The molecule has 4 rings (SSSR count). The third kappa shape index (κ3) is 4.58. The fourth-order valence-corrected chi connectivity index (χ4v) is 4.02. The summed E-state index contributed by atoms with van der Waals surface area (Å²) in [6.07, 6.45) is 1.66. The van der Waals surface area contributed by atoms with Crippen molar-refractivity contribution in [1.82, 2.24) is 4.57 Å². The van der Waals surface area contributed by atoms with Crippen molar-refractivity contribution in [3.8, 4) is 5.75 Å². The van der Waals surface area contributed by atoms with E-state index in [1.54, 1.807) is 24.3 Å². The van der Waals surface area contributed by atoms with Gasteiger partial charge in [-0.25, -0.2) is 4.79 Å². The molecule has 33 heavy (non-hydrogen) atoms. The number of carbonyl (C=O) groups is 2. The van der Waals surface area contributed by atoms with Gasteiger partial charge in [-0.05, 0) is 35.4 Å². The van der Waals surface area contributed by atoms with E-state index in [4.69, 9.17) is 15.2 Å². The normalized spacial score (nSPS) is 11.0. The maximum absolute atomic E-state index is 12.3. The summed E-state index contributed by atoms with van der Waals surface area (Å²) in [5.74, 6) is -1.31. The highest BCUT2D eigenvalue weighted by atomic mass is 16.5. The van der Waals surface area contributed by atoms with E-state index in [2.05, 4.69) is 11.1 Å². The minimum atomic E-state index is -1.10.